The number of halogens is 4. The van der Waals surface area contributed by atoms with E-state index in [1.54, 1.807) is 30.3 Å². The average Bonchev–Trinajstić information content (AvgIpc) is 2.53. The first-order valence-electron chi connectivity index (χ1n) is 6.60. The minimum absolute atomic E-state index is 0.225. The predicted octanol–water partition coefficient (Wildman–Crippen LogP) is 6.20. The zero-order valence-corrected chi connectivity index (χ0v) is 12.6. The first-order chi connectivity index (χ1) is 10.5. The normalized spacial score (nSPS) is 11.5. The van der Waals surface area contributed by atoms with Gasteiger partial charge in [0.15, 0.2) is 0 Å². The number of benzene rings is 2. The molecule has 0 unspecified atom stereocenters. The molecule has 0 saturated heterocycles. The van der Waals surface area contributed by atoms with Crippen molar-refractivity contribution in [2.45, 2.75) is 6.18 Å². The molecule has 2 rings (SSSR count). The van der Waals surface area contributed by atoms with Crippen molar-refractivity contribution in [1.29, 1.82) is 0 Å². The molecule has 0 aliphatic carbocycles. The summed E-state index contributed by atoms with van der Waals surface area (Å²) >= 11 is 5.46. The highest BCUT2D eigenvalue weighted by Crippen LogP contribution is 2.17. The summed E-state index contributed by atoms with van der Waals surface area (Å²) in [6.45, 7) is 0. The lowest BCUT2D eigenvalue weighted by molar-refractivity contribution is -0.0790. The van der Waals surface area contributed by atoms with Gasteiger partial charge in [-0.3, -0.25) is 0 Å². The fourth-order valence-corrected chi connectivity index (χ4v) is 1.59. The molecule has 0 saturated carbocycles. The molecule has 0 aromatic heterocycles. The maximum absolute atomic E-state index is 11.7. The Morgan fingerprint density at radius 2 is 1.23 bits per heavy atom. The van der Waals surface area contributed by atoms with Gasteiger partial charge in [-0.15, -0.1) is 11.6 Å². The highest BCUT2D eigenvalue weighted by Gasteiger charge is 2.21. The lowest BCUT2D eigenvalue weighted by Gasteiger charge is -1.96. The molecule has 0 radical (unpaired) electrons. The maximum Gasteiger partial charge on any atom is 0.409 e. The molecule has 0 bridgehead atoms. The summed E-state index contributed by atoms with van der Waals surface area (Å²) in [6.07, 6.45) is 0.974. The predicted molar refractivity (Wildman–Crippen MR) is 87.7 cm³/mol. The van der Waals surface area contributed by atoms with E-state index in [4.69, 9.17) is 11.6 Å². The summed E-state index contributed by atoms with van der Waals surface area (Å²) in [7, 11) is 0. The first kappa shape index (κ1) is 18.1. The van der Waals surface area contributed by atoms with E-state index in [1.807, 2.05) is 42.5 Å². The van der Waals surface area contributed by atoms with E-state index in [-0.39, 0.29) is 6.08 Å². The van der Waals surface area contributed by atoms with Crippen LogP contribution in [0, 0.1) is 0 Å². The summed E-state index contributed by atoms with van der Waals surface area (Å²) in [5.41, 5.74) is 1.75. The lowest BCUT2D eigenvalue weighted by Crippen LogP contribution is -1.99. The van der Waals surface area contributed by atoms with Crippen LogP contribution in [0.3, 0.4) is 0 Å². The van der Waals surface area contributed by atoms with E-state index < -0.39 is 6.18 Å². The van der Waals surface area contributed by atoms with Crippen molar-refractivity contribution in [2.24, 2.45) is 0 Å². The Kier molecular flexibility index (Phi) is 8.08. The Morgan fingerprint density at radius 3 is 1.64 bits per heavy atom. The number of allylic oxidation sites excluding steroid dienone is 2. The van der Waals surface area contributed by atoms with Crippen LogP contribution in [0.25, 0.3) is 12.2 Å². The Morgan fingerprint density at radius 1 is 0.773 bits per heavy atom. The van der Waals surface area contributed by atoms with Crippen LogP contribution < -0.4 is 0 Å². The second-order valence-electron chi connectivity index (χ2n) is 4.25. The monoisotopic (exact) mass is 324 g/mol. The molecule has 0 heterocycles. The van der Waals surface area contributed by atoms with Gasteiger partial charge in [0.2, 0.25) is 0 Å². The Hall–Kier alpha value is -2.00. The molecule has 0 fully saturated rings. The quantitative estimate of drug-likeness (QED) is 0.589. The van der Waals surface area contributed by atoms with Crippen LogP contribution in [0.4, 0.5) is 13.2 Å². The Bertz CT molecular complexity index is 572. The van der Waals surface area contributed by atoms with Crippen molar-refractivity contribution < 1.29 is 13.2 Å². The Labute approximate surface area is 133 Å². The van der Waals surface area contributed by atoms with Gasteiger partial charge in [0, 0.05) is 12.0 Å². The molecule has 0 nitrogen and oxygen atoms in total. The summed E-state index contributed by atoms with van der Waals surface area (Å²) in [5.74, 6) is 0.578. The van der Waals surface area contributed by atoms with Gasteiger partial charge in [-0.2, -0.15) is 13.2 Å². The van der Waals surface area contributed by atoms with Crippen molar-refractivity contribution in [3.8, 4) is 0 Å². The van der Waals surface area contributed by atoms with Gasteiger partial charge in [0.25, 0.3) is 0 Å². The van der Waals surface area contributed by atoms with E-state index in [9.17, 15) is 13.2 Å². The van der Waals surface area contributed by atoms with Crippen LogP contribution >= 0.6 is 11.6 Å². The third kappa shape index (κ3) is 9.03. The summed E-state index contributed by atoms with van der Waals surface area (Å²) < 4.78 is 35.0. The average molecular weight is 325 g/mol. The maximum atomic E-state index is 11.7. The number of rotatable bonds is 3. The molecule has 0 aliphatic heterocycles. The molecule has 22 heavy (non-hydrogen) atoms. The minimum Gasteiger partial charge on any atom is -0.167 e. The molecule has 0 N–H and O–H groups in total. The molecule has 2 aromatic carbocycles. The molecule has 4 heteroatoms. The van der Waals surface area contributed by atoms with Gasteiger partial charge in [0.1, 0.15) is 0 Å². The summed E-state index contributed by atoms with van der Waals surface area (Å²) in [4.78, 5) is 0. The highest BCUT2D eigenvalue weighted by atomic mass is 35.5. The fraction of sp³-hybridized carbons (Fsp3) is 0.111. The van der Waals surface area contributed by atoms with Gasteiger partial charge in [0.05, 0.1) is 0 Å². The molecule has 116 valence electrons. The standard InChI is InChI=1S/C9H9Cl.C9H7F3/c10-8-4-7-9-5-2-1-3-6-9;10-9(11,12)7-6-8-4-2-1-3-5-8/h1-7H,8H2;1-7H. The van der Waals surface area contributed by atoms with Crippen LogP contribution in [0.1, 0.15) is 11.1 Å². The topological polar surface area (TPSA) is 0 Å². The second-order valence-corrected chi connectivity index (χ2v) is 4.56. The van der Waals surface area contributed by atoms with E-state index in [2.05, 4.69) is 0 Å². The van der Waals surface area contributed by atoms with E-state index >= 15 is 0 Å². The summed E-state index contributed by atoms with van der Waals surface area (Å²) in [5, 5.41) is 0. The smallest absolute Gasteiger partial charge is 0.167 e. The van der Waals surface area contributed by atoms with Gasteiger partial charge in [-0.25, -0.2) is 0 Å². The lowest BCUT2D eigenvalue weighted by atomic mass is 10.2. The van der Waals surface area contributed by atoms with Gasteiger partial charge in [-0.05, 0) is 11.1 Å². The van der Waals surface area contributed by atoms with Crippen molar-refractivity contribution in [3.63, 3.8) is 0 Å². The summed E-state index contributed by atoms with van der Waals surface area (Å²) in [6, 6.07) is 18.5. The SMILES string of the molecule is ClCC=Cc1ccccc1.FC(F)(F)C=Cc1ccccc1. The van der Waals surface area contributed by atoms with E-state index in [0.717, 1.165) is 6.08 Å². The van der Waals surface area contributed by atoms with Crippen LogP contribution in [-0.2, 0) is 0 Å². The fourth-order valence-electron chi connectivity index (χ4n) is 1.50. The van der Waals surface area contributed by atoms with E-state index in [0.29, 0.717) is 11.4 Å². The molecule has 0 aliphatic rings. The Balaban J connectivity index is 0.000000224. The van der Waals surface area contributed by atoms with Gasteiger partial charge in [-0.1, -0.05) is 78.9 Å². The second kappa shape index (κ2) is 9.85. The van der Waals surface area contributed by atoms with Crippen LogP contribution in [0.15, 0.2) is 72.8 Å². The minimum atomic E-state index is -4.23. The van der Waals surface area contributed by atoms with Gasteiger partial charge >= 0.3 is 6.18 Å². The molecule has 2 aromatic rings. The third-order valence-electron chi connectivity index (χ3n) is 2.46. The van der Waals surface area contributed by atoms with Crippen LogP contribution in [0.5, 0.6) is 0 Å². The van der Waals surface area contributed by atoms with Crippen molar-refractivity contribution >= 4 is 23.8 Å². The van der Waals surface area contributed by atoms with Crippen molar-refractivity contribution in [2.75, 3.05) is 5.88 Å². The number of hydrogen-bond acceptors (Lipinski definition) is 0. The molecule has 0 spiro atoms. The molecular formula is C18H16ClF3. The van der Waals surface area contributed by atoms with Crippen molar-refractivity contribution in [1.82, 2.24) is 0 Å². The number of hydrogen-bond donors (Lipinski definition) is 0. The van der Waals surface area contributed by atoms with Crippen molar-refractivity contribution in [3.05, 3.63) is 83.9 Å². The van der Waals surface area contributed by atoms with Crippen LogP contribution in [0.2, 0.25) is 0 Å². The zero-order valence-electron chi connectivity index (χ0n) is 11.8. The van der Waals surface area contributed by atoms with Crippen LogP contribution in [-0.4, -0.2) is 12.1 Å². The number of alkyl halides is 4. The largest absolute Gasteiger partial charge is 0.409 e. The zero-order chi connectivity index (χ0) is 16.3. The molecule has 0 atom stereocenters. The van der Waals surface area contributed by atoms with E-state index in [1.165, 1.54) is 5.56 Å². The highest BCUT2D eigenvalue weighted by molar-refractivity contribution is 6.19. The third-order valence-corrected chi connectivity index (χ3v) is 2.64. The first-order valence-corrected chi connectivity index (χ1v) is 7.13. The van der Waals surface area contributed by atoms with Gasteiger partial charge < -0.3 is 0 Å². The molecule has 0 amide bonds. The molecular weight excluding hydrogens is 309 g/mol.